The first kappa shape index (κ1) is 14.9. The smallest absolute Gasteiger partial charge is 0.338 e. The molecule has 0 amide bonds. The van der Waals surface area contributed by atoms with E-state index in [1.54, 1.807) is 13.0 Å². The van der Waals surface area contributed by atoms with Crippen molar-refractivity contribution in [3.8, 4) is 0 Å². The fourth-order valence-corrected chi connectivity index (χ4v) is 1.88. The molecule has 0 aromatic heterocycles. The second-order valence-electron chi connectivity index (χ2n) is 4.42. The van der Waals surface area contributed by atoms with Crippen molar-refractivity contribution < 1.29 is 19.0 Å². The molecule has 1 unspecified atom stereocenters. The summed E-state index contributed by atoms with van der Waals surface area (Å²) in [5.74, 6) is -0.468. The van der Waals surface area contributed by atoms with Crippen molar-refractivity contribution in [1.29, 1.82) is 0 Å². The van der Waals surface area contributed by atoms with E-state index in [2.05, 4.69) is 13.2 Å². The van der Waals surface area contributed by atoms with Crippen LogP contribution in [0.5, 0.6) is 0 Å². The van der Waals surface area contributed by atoms with E-state index >= 15 is 0 Å². The predicted octanol–water partition coefficient (Wildman–Crippen LogP) is 2.59. The van der Waals surface area contributed by atoms with E-state index in [0.29, 0.717) is 12.2 Å². The molecule has 0 aliphatic heterocycles. The van der Waals surface area contributed by atoms with Crippen LogP contribution < -0.4 is 0 Å². The maximum absolute atomic E-state index is 11.6. The summed E-state index contributed by atoms with van der Waals surface area (Å²) in [6.07, 6.45) is 5.77. The molecule has 4 nitrogen and oxygen atoms in total. The number of ether oxygens (including phenoxy) is 3. The molecule has 0 bridgehead atoms. The fraction of sp³-hybridized carbons (Fsp3) is 0.643. The average molecular weight is 254 g/mol. The Morgan fingerprint density at radius 2 is 2.11 bits per heavy atom. The zero-order chi connectivity index (χ0) is 13.4. The van der Waals surface area contributed by atoms with Crippen molar-refractivity contribution in [2.45, 2.75) is 45.0 Å². The van der Waals surface area contributed by atoms with Gasteiger partial charge in [0.1, 0.15) is 0 Å². The standard InChI is InChI=1S/C14H22O4/c1-4-9-16-10-11(2)14(15)18-12(3)17-13-7-5-6-8-13/h4,12-13H,1-2,5-10H2,3H3. The number of hydrogen-bond acceptors (Lipinski definition) is 4. The molecule has 1 fully saturated rings. The molecule has 4 heteroatoms. The second-order valence-corrected chi connectivity index (χ2v) is 4.42. The van der Waals surface area contributed by atoms with Crippen LogP contribution in [0.1, 0.15) is 32.6 Å². The largest absolute Gasteiger partial charge is 0.433 e. The molecule has 1 saturated carbocycles. The summed E-state index contributed by atoms with van der Waals surface area (Å²) < 4.78 is 15.9. The lowest BCUT2D eigenvalue weighted by Crippen LogP contribution is -2.24. The van der Waals surface area contributed by atoms with Gasteiger partial charge in [-0.05, 0) is 19.8 Å². The maximum Gasteiger partial charge on any atom is 0.338 e. The van der Waals surface area contributed by atoms with Crippen molar-refractivity contribution in [2.75, 3.05) is 13.2 Å². The minimum Gasteiger partial charge on any atom is -0.433 e. The highest BCUT2D eigenvalue weighted by molar-refractivity contribution is 5.88. The Balaban J connectivity index is 2.20. The highest BCUT2D eigenvalue weighted by Gasteiger charge is 2.20. The molecule has 1 atom stereocenters. The van der Waals surface area contributed by atoms with Gasteiger partial charge in [-0.3, -0.25) is 0 Å². The number of carbonyl (C=O) groups is 1. The molecule has 0 aromatic carbocycles. The molecule has 1 rings (SSSR count). The van der Waals surface area contributed by atoms with E-state index in [9.17, 15) is 4.79 Å². The van der Waals surface area contributed by atoms with Crippen LogP contribution in [0.3, 0.4) is 0 Å². The zero-order valence-electron chi connectivity index (χ0n) is 11.0. The van der Waals surface area contributed by atoms with Gasteiger partial charge in [-0.25, -0.2) is 4.79 Å². The van der Waals surface area contributed by atoms with Crippen molar-refractivity contribution in [2.24, 2.45) is 0 Å². The third-order valence-electron chi connectivity index (χ3n) is 2.76. The summed E-state index contributed by atoms with van der Waals surface area (Å²) in [7, 11) is 0. The normalized spacial score (nSPS) is 17.4. The Labute approximate surface area is 109 Å². The minimum atomic E-state index is -0.531. The highest BCUT2D eigenvalue weighted by Crippen LogP contribution is 2.22. The van der Waals surface area contributed by atoms with Crippen LogP contribution in [0.2, 0.25) is 0 Å². The number of esters is 1. The lowest BCUT2D eigenvalue weighted by molar-refractivity contribution is -0.180. The average Bonchev–Trinajstić information content (AvgIpc) is 2.81. The van der Waals surface area contributed by atoms with E-state index in [4.69, 9.17) is 14.2 Å². The van der Waals surface area contributed by atoms with Crippen LogP contribution in [0.15, 0.2) is 24.8 Å². The summed E-state index contributed by atoms with van der Waals surface area (Å²) in [5, 5.41) is 0. The number of carbonyl (C=O) groups excluding carboxylic acids is 1. The monoisotopic (exact) mass is 254 g/mol. The van der Waals surface area contributed by atoms with Crippen LogP contribution in [-0.2, 0) is 19.0 Å². The van der Waals surface area contributed by atoms with Crippen LogP contribution in [0.25, 0.3) is 0 Å². The van der Waals surface area contributed by atoms with Gasteiger partial charge in [-0.15, -0.1) is 6.58 Å². The molecule has 1 aliphatic rings. The molecule has 102 valence electrons. The van der Waals surface area contributed by atoms with Crippen molar-refractivity contribution in [1.82, 2.24) is 0 Å². The molecule has 0 spiro atoms. The van der Waals surface area contributed by atoms with Crippen LogP contribution in [-0.4, -0.2) is 31.6 Å². The Morgan fingerprint density at radius 1 is 1.44 bits per heavy atom. The van der Waals surface area contributed by atoms with Gasteiger partial charge in [0.25, 0.3) is 0 Å². The summed E-state index contributed by atoms with van der Waals surface area (Å²) >= 11 is 0. The molecule has 1 aliphatic carbocycles. The van der Waals surface area contributed by atoms with Crippen molar-refractivity contribution in [3.63, 3.8) is 0 Å². The number of hydrogen-bond donors (Lipinski definition) is 0. The van der Waals surface area contributed by atoms with E-state index < -0.39 is 12.3 Å². The van der Waals surface area contributed by atoms with Crippen molar-refractivity contribution >= 4 is 5.97 Å². The molecule has 0 radical (unpaired) electrons. The molecule has 18 heavy (non-hydrogen) atoms. The summed E-state index contributed by atoms with van der Waals surface area (Å²) in [6, 6.07) is 0. The van der Waals surface area contributed by atoms with E-state index in [1.165, 1.54) is 12.8 Å². The van der Waals surface area contributed by atoms with Gasteiger partial charge in [0, 0.05) is 0 Å². The fourth-order valence-electron chi connectivity index (χ4n) is 1.88. The summed E-state index contributed by atoms with van der Waals surface area (Å²) in [4.78, 5) is 11.6. The van der Waals surface area contributed by atoms with Crippen LogP contribution in [0.4, 0.5) is 0 Å². The Morgan fingerprint density at radius 3 is 2.72 bits per heavy atom. The van der Waals surface area contributed by atoms with E-state index in [0.717, 1.165) is 12.8 Å². The summed E-state index contributed by atoms with van der Waals surface area (Å²) in [6.45, 7) is 9.41. The van der Waals surface area contributed by atoms with E-state index in [-0.39, 0.29) is 12.7 Å². The lowest BCUT2D eigenvalue weighted by atomic mass is 10.3. The summed E-state index contributed by atoms with van der Waals surface area (Å²) in [5.41, 5.74) is 0.290. The quantitative estimate of drug-likeness (QED) is 0.219. The van der Waals surface area contributed by atoms with Crippen LogP contribution >= 0.6 is 0 Å². The molecular weight excluding hydrogens is 232 g/mol. The van der Waals surface area contributed by atoms with Gasteiger partial charge in [-0.1, -0.05) is 25.5 Å². The topological polar surface area (TPSA) is 44.8 Å². The molecule has 0 saturated heterocycles. The van der Waals surface area contributed by atoms with Gasteiger partial charge < -0.3 is 14.2 Å². The maximum atomic E-state index is 11.6. The predicted molar refractivity (Wildman–Crippen MR) is 69.1 cm³/mol. The third kappa shape index (κ3) is 5.47. The SMILES string of the molecule is C=CCOCC(=C)C(=O)OC(C)OC1CCCC1. The van der Waals surface area contributed by atoms with Gasteiger partial charge in [-0.2, -0.15) is 0 Å². The third-order valence-corrected chi connectivity index (χ3v) is 2.76. The Hall–Kier alpha value is -1.13. The van der Waals surface area contributed by atoms with Gasteiger partial charge in [0.2, 0.25) is 6.29 Å². The molecule has 0 N–H and O–H groups in total. The first-order valence-corrected chi connectivity index (χ1v) is 6.36. The lowest BCUT2D eigenvalue weighted by Gasteiger charge is -2.19. The minimum absolute atomic E-state index is 0.154. The Kier molecular flexibility index (Phi) is 6.68. The molecular formula is C14H22O4. The first-order chi connectivity index (χ1) is 8.63. The van der Waals surface area contributed by atoms with Gasteiger partial charge in [0.15, 0.2) is 0 Å². The van der Waals surface area contributed by atoms with Gasteiger partial charge >= 0.3 is 5.97 Å². The molecule has 0 aromatic rings. The van der Waals surface area contributed by atoms with Crippen LogP contribution in [0, 0.1) is 0 Å². The first-order valence-electron chi connectivity index (χ1n) is 6.36. The molecule has 0 heterocycles. The van der Waals surface area contributed by atoms with Gasteiger partial charge in [0.05, 0.1) is 24.9 Å². The number of rotatable bonds is 8. The second kappa shape index (κ2) is 8.06. The van der Waals surface area contributed by atoms with E-state index in [1.807, 2.05) is 0 Å². The highest BCUT2D eigenvalue weighted by atomic mass is 16.7. The zero-order valence-corrected chi connectivity index (χ0v) is 11.0. The Bertz CT molecular complexity index is 292. The van der Waals surface area contributed by atoms with Crippen molar-refractivity contribution in [3.05, 3.63) is 24.8 Å².